The van der Waals surface area contributed by atoms with Crippen LogP contribution in [0.4, 0.5) is 11.5 Å². The highest BCUT2D eigenvalue weighted by Crippen LogP contribution is 2.37. The van der Waals surface area contributed by atoms with E-state index in [9.17, 15) is 9.90 Å². The van der Waals surface area contributed by atoms with E-state index >= 15 is 0 Å². The van der Waals surface area contributed by atoms with Crippen LogP contribution < -0.4 is 14.4 Å². The van der Waals surface area contributed by atoms with Crippen molar-refractivity contribution >= 4 is 28.4 Å². The Labute approximate surface area is 185 Å². The lowest BCUT2D eigenvalue weighted by atomic mass is 10.1. The van der Waals surface area contributed by atoms with E-state index in [1.54, 1.807) is 36.4 Å². The van der Waals surface area contributed by atoms with Crippen molar-refractivity contribution in [2.24, 2.45) is 0 Å². The standard InChI is InChI=1S/C25H23N3O4/c1-16-26-20-12-8-7-11-19(20)24(27-16)28(2)18-13-14-21(31-3)22(15-18)32-23(25(29)30)17-9-5-4-6-10-17/h4-15,23H,1-3H3,(H,29,30). The molecular weight excluding hydrogens is 406 g/mol. The zero-order valence-electron chi connectivity index (χ0n) is 18.0. The molecule has 0 bridgehead atoms. The lowest BCUT2D eigenvalue weighted by Gasteiger charge is -2.23. The number of rotatable bonds is 7. The second-order valence-corrected chi connectivity index (χ2v) is 7.25. The molecule has 4 rings (SSSR count). The Kier molecular flexibility index (Phi) is 5.89. The first-order chi connectivity index (χ1) is 15.5. The molecule has 162 valence electrons. The third-order valence-electron chi connectivity index (χ3n) is 5.12. The molecular formula is C25H23N3O4. The first-order valence-electron chi connectivity index (χ1n) is 10.1. The Bertz CT molecular complexity index is 1260. The van der Waals surface area contributed by atoms with E-state index in [4.69, 9.17) is 9.47 Å². The first-order valence-corrected chi connectivity index (χ1v) is 10.1. The fourth-order valence-corrected chi connectivity index (χ4v) is 3.53. The molecule has 0 saturated heterocycles. The van der Waals surface area contributed by atoms with E-state index in [-0.39, 0.29) is 0 Å². The zero-order valence-corrected chi connectivity index (χ0v) is 18.0. The van der Waals surface area contributed by atoms with Crippen molar-refractivity contribution in [2.45, 2.75) is 13.0 Å². The summed E-state index contributed by atoms with van der Waals surface area (Å²) < 4.78 is 11.4. The monoisotopic (exact) mass is 429 g/mol. The Balaban J connectivity index is 1.75. The van der Waals surface area contributed by atoms with Crippen molar-refractivity contribution in [3.8, 4) is 11.5 Å². The number of methoxy groups -OCH3 is 1. The largest absolute Gasteiger partial charge is 0.493 e. The average molecular weight is 429 g/mol. The molecule has 3 aromatic carbocycles. The third-order valence-corrected chi connectivity index (χ3v) is 5.12. The van der Waals surface area contributed by atoms with Gasteiger partial charge in [0.1, 0.15) is 11.6 Å². The van der Waals surface area contributed by atoms with Crippen LogP contribution >= 0.6 is 0 Å². The van der Waals surface area contributed by atoms with Crippen LogP contribution in [-0.2, 0) is 4.79 Å². The van der Waals surface area contributed by atoms with Gasteiger partial charge in [0.05, 0.1) is 12.6 Å². The van der Waals surface area contributed by atoms with Crippen LogP contribution in [0.15, 0.2) is 72.8 Å². The number of carboxylic acid groups (broad SMARTS) is 1. The quantitative estimate of drug-likeness (QED) is 0.446. The van der Waals surface area contributed by atoms with Gasteiger partial charge >= 0.3 is 5.97 Å². The molecule has 4 aromatic rings. The van der Waals surface area contributed by atoms with Crippen LogP contribution in [-0.4, -0.2) is 35.2 Å². The third kappa shape index (κ3) is 4.18. The number of carboxylic acids is 1. The van der Waals surface area contributed by atoms with Crippen LogP contribution in [0.5, 0.6) is 11.5 Å². The zero-order chi connectivity index (χ0) is 22.7. The molecule has 1 N–H and O–H groups in total. The van der Waals surface area contributed by atoms with Crippen LogP contribution in [0, 0.1) is 6.92 Å². The molecule has 1 aromatic heterocycles. The smallest absolute Gasteiger partial charge is 0.349 e. The van der Waals surface area contributed by atoms with Crippen LogP contribution in [0.2, 0.25) is 0 Å². The number of aliphatic carboxylic acids is 1. The molecule has 7 nitrogen and oxygen atoms in total. The Morgan fingerprint density at radius 1 is 0.969 bits per heavy atom. The van der Waals surface area contributed by atoms with E-state index in [1.807, 2.05) is 55.3 Å². The van der Waals surface area contributed by atoms with Gasteiger partial charge in [-0.1, -0.05) is 42.5 Å². The number of anilines is 2. The molecule has 0 aliphatic carbocycles. The molecule has 0 saturated carbocycles. The molecule has 0 aliphatic heterocycles. The number of aryl methyl sites for hydroxylation is 1. The molecule has 0 fully saturated rings. The van der Waals surface area contributed by atoms with Gasteiger partial charge in [0.25, 0.3) is 0 Å². The molecule has 32 heavy (non-hydrogen) atoms. The second kappa shape index (κ2) is 8.93. The molecule has 1 unspecified atom stereocenters. The van der Waals surface area contributed by atoms with Gasteiger partial charge < -0.3 is 19.5 Å². The van der Waals surface area contributed by atoms with Gasteiger partial charge in [0.15, 0.2) is 11.5 Å². The maximum atomic E-state index is 11.9. The summed E-state index contributed by atoms with van der Waals surface area (Å²) in [5.74, 6) is 1.07. The fourth-order valence-electron chi connectivity index (χ4n) is 3.53. The molecule has 7 heteroatoms. The molecule has 0 radical (unpaired) electrons. The summed E-state index contributed by atoms with van der Waals surface area (Å²) in [7, 11) is 3.41. The number of nitrogens with zero attached hydrogens (tertiary/aromatic N) is 3. The number of carbonyl (C=O) groups is 1. The van der Waals surface area contributed by atoms with Crippen molar-refractivity contribution in [1.82, 2.24) is 9.97 Å². The topological polar surface area (TPSA) is 84.8 Å². The predicted octanol–water partition coefficient (Wildman–Crippen LogP) is 4.92. The summed E-state index contributed by atoms with van der Waals surface area (Å²) in [5.41, 5.74) is 2.15. The average Bonchev–Trinajstić information content (AvgIpc) is 2.81. The van der Waals surface area contributed by atoms with E-state index in [0.29, 0.717) is 22.9 Å². The Hall–Kier alpha value is -4.13. The van der Waals surface area contributed by atoms with Crippen molar-refractivity contribution in [3.05, 3.63) is 84.2 Å². The van der Waals surface area contributed by atoms with Crippen molar-refractivity contribution in [2.75, 3.05) is 19.1 Å². The number of aromatic nitrogens is 2. The van der Waals surface area contributed by atoms with Crippen molar-refractivity contribution in [1.29, 1.82) is 0 Å². The number of hydrogen-bond donors (Lipinski definition) is 1. The fraction of sp³-hybridized carbons (Fsp3) is 0.160. The lowest BCUT2D eigenvalue weighted by Crippen LogP contribution is -2.19. The molecule has 0 spiro atoms. The van der Waals surface area contributed by atoms with Crippen LogP contribution in [0.25, 0.3) is 10.9 Å². The van der Waals surface area contributed by atoms with Gasteiger partial charge in [-0.05, 0) is 31.2 Å². The maximum absolute atomic E-state index is 11.9. The van der Waals surface area contributed by atoms with Gasteiger partial charge in [0, 0.05) is 29.8 Å². The molecule has 0 aliphatic rings. The normalized spacial score (nSPS) is 11.7. The van der Waals surface area contributed by atoms with Gasteiger partial charge in [-0.15, -0.1) is 0 Å². The number of hydrogen-bond acceptors (Lipinski definition) is 6. The van der Waals surface area contributed by atoms with Gasteiger partial charge in [-0.3, -0.25) is 0 Å². The summed E-state index contributed by atoms with van der Waals surface area (Å²) in [5, 5.41) is 10.7. The van der Waals surface area contributed by atoms with Crippen molar-refractivity contribution < 1.29 is 19.4 Å². The molecule has 1 atom stereocenters. The Morgan fingerprint density at radius 2 is 1.69 bits per heavy atom. The van der Waals surface area contributed by atoms with Crippen molar-refractivity contribution in [3.63, 3.8) is 0 Å². The highest BCUT2D eigenvalue weighted by Gasteiger charge is 2.24. The minimum atomic E-state index is -1.17. The van der Waals surface area contributed by atoms with Gasteiger partial charge in [0.2, 0.25) is 6.10 Å². The number of fused-ring (bicyclic) bond motifs is 1. The van der Waals surface area contributed by atoms with E-state index in [2.05, 4.69) is 9.97 Å². The number of ether oxygens (including phenoxy) is 2. The van der Waals surface area contributed by atoms with E-state index in [0.717, 1.165) is 22.4 Å². The van der Waals surface area contributed by atoms with E-state index < -0.39 is 12.1 Å². The highest BCUT2D eigenvalue weighted by molar-refractivity contribution is 5.91. The summed E-state index contributed by atoms with van der Waals surface area (Å²) in [6, 6.07) is 22.0. The molecule has 0 amide bonds. The summed E-state index contributed by atoms with van der Waals surface area (Å²) in [6.07, 6.45) is -1.17. The minimum Gasteiger partial charge on any atom is -0.493 e. The van der Waals surface area contributed by atoms with Gasteiger partial charge in [-0.2, -0.15) is 0 Å². The predicted molar refractivity (Wildman–Crippen MR) is 123 cm³/mol. The van der Waals surface area contributed by atoms with Crippen LogP contribution in [0.3, 0.4) is 0 Å². The SMILES string of the molecule is COc1ccc(N(C)c2nc(C)nc3ccccc23)cc1OC(C(=O)O)c1ccccc1. The second-order valence-electron chi connectivity index (χ2n) is 7.25. The lowest BCUT2D eigenvalue weighted by molar-refractivity contribution is -0.145. The molecule has 1 heterocycles. The summed E-state index contributed by atoms with van der Waals surface area (Å²) >= 11 is 0. The number of para-hydroxylation sites is 1. The first kappa shape index (κ1) is 21.1. The number of benzene rings is 3. The summed E-state index contributed by atoms with van der Waals surface area (Å²) in [6.45, 7) is 1.85. The summed E-state index contributed by atoms with van der Waals surface area (Å²) in [4.78, 5) is 23.0. The van der Waals surface area contributed by atoms with Gasteiger partial charge in [-0.25, -0.2) is 14.8 Å². The van der Waals surface area contributed by atoms with E-state index in [1.165, 1.54) is 7.11 Å². The Morgan fingerprint density at radius 3 is 2.41 bits per heavy atom. The van der Waals surface area contributed by atoms with Crippen LogP contribution in [0.1, 0.15) is 17.5 Å². The minimum absolute atomic E-state index is 0.322. The highest BCUT2D eigenvalue weighted by atomic mass is 16.5. The maximum Gasteiger partial charge on any atom is 0.349 e.